The fraction of sp³-hybridized carbons (Fsp3) is 0.625. The van der Waals surface area contributed by atoms with Crippen LogP contribution in [0.1, 0.15) is 37.3 Å². The third kappa shape index (κ3) is 2.62. The lowest BCUT2D eigenvalue weighted by Gasteiger charge is -2.38. The topological polar surface area (TPSA) is 63.4 Å². The molecule has 0 radical (unpaired) electrons. The van der Waals surface area contributed by atoms with E-state index in [1.165, 1.54) is 11.1 Å². The van der Waals surface area contributed by atoms with Crippen LogP contribution in [0.3, 0.4) is 0 Å². The highest BCUT2D eigenvalue weighted by Gasteiger charge is 2.36. The summed E-state index contributed by atoms with van der Waals surface area (Å²) in [5.74, 6) is 0.327. The van der Waals surface area contributed by atoms with Crippen LogP contribution >= 0.6 is 0 Å². The Hall–Kier alpha value is -0.910. The van der Waals surface area contributed by atoms with Crippen LogP contribution in [0.4, 0.5) is 0 Å². The van der Waals surface area contributed by atoms with Gasteiger partial charge in [-0.25, -0.2) is 8.42 Å². The minimum Gasteiger partial charge on any atom is -0.329 e. The van der Waals surface area contributed by atoms with Gasteiger partial charge in [-0.05, 0) is 61.3 Å². The van der Waals surface area contributed by atoms with E-state index in [0.717, 1.165) is 32.1 Å². The van der Waals surface area contributed by atoms with Crippen molar-refractivity contribution in [3.63, 3.8) is 0 Å². The maximum atomic E-state index is 13.0. The van der Waals surface area contributed by atoms with Crippen LogP contribution in [0.15, 0.2) is 23.1 Å². The van der Waals surface area contributed by atoms with Gasteiger partial charge in [-0.2, -0.15) is 4.31 Å². The second-order valence-corrected chi connectivity index (χ2v) is 8.21. The summed E-state index contributed by atoms with van der Waals surface area (Å²) in [5, 5.41) is 0. The van der Waals surface area contributed by atoms with Gasteiger partial charge in [-0.3, -0.25) is 0 Å². The number of nitrogens with zero attached hydrogens (tertiary/aromatic N) is 1. The molecule has 2 aliphatic rings. The summed E-state index contributed by atoms with van der Waals surface area (Å²) in [7, 11) is -3.42. The minimum atomic E-state index is -3.42. The Labute approximate surface area is 127 Å². The zero-order chi connectivity index (χ0) is 15.0. The molecule has 1 aromatic rings. The molecular formula is C16H24N2O2S. The molecule has 4 nitrogen and oxygen atoms in total. The largest absolute Gasteiger partial charge is 0.329 e. The number of aryl methyl sites for hydroxylation is 2. The molecule has 1 saturated heterocycles. The number of rotatable bonds is 3. The minimum absolute atomic E-state index is 0.0722. The smallest absolute Gasteiger partial charge is 0.243 e. The van der Waals surface area contributed by atoms with E-state index in [0.29, 0.717) is 23.9 Å². The first-order valence-corrected chi connectivity index (χ1v) is 9.32. The average Bonchev–Trinajstić information content (AvgIpc) is 2.94. The molecule has 0 spiro atoms. The lowest BCUT2D eigenvalue weighted by molar-refractivity contribution is 0.192. The van der Waals surface area contributed by atoms with E-state index in [-0.39, 0.29) is 6.04 Å². The predicted octanol–water partition coefficient (Wildman–Crippen LogP) is 1.92. The molecule has 5 heteroatoms. The summed E-state index contributed by atoms with van der Waals surface area (Å²) in [6, 6.07) is 5.56. The number of sulfonamides is 1. The van der Waals surface area contributed by atoms with Crippen LogP contribution in [0, 0.1) is 5.92 Å². The van der Waals surface area contributed by atoms with Crippen molar-refractivity contribution in [2.75, 3.05) is 13.1 Å². The Bertz CT molecular complexity index is 627. The summed E-state index contributed by atoms with van der Waals surface area (Å²) in [6.07, 6.45) is 5.17. The number of piperidine rings is 1. The van der Waals surface area contributed by atoms with Gasteiger partial charge in [0.15, 0.2) is 0 Å². The molecular weight excluding hydrogens is 284 g/mol. The molecule has 2 atom stereocenters. The number of nitrogens with two attached hydrogens (primary N) is 1. The second-order valence-electron chi connectivity index (χ2n) is 6.32. The molecule has 1 fully saturated rings. The van der Waals surface area contributed by atoms with Gasteiger partial charge in [0.05, 0.1) is 4.90 Å². The van der Waals surface area contributed by atoms with E-state index in [1.54, 1.807) is 10.4 Å². The molecule has 1 heterocycles. The molecule has 116 valence electrons. The maximum Gasteiger partial charge on any atom is 0.243 e. The van der Waals surface area contributed by atoms with Crippen molar-refractivity contribution in [3.05, 3.63) is 29.3 Å². The number of fused-ring (bicyclic) bond motifs is 1. The van der Waals surface area contributed by atoms with Crippen LogP contribution in [0.2, 0.25) is 0 Å². The van der Waals surface area contributed by atoms with Crippen molar-refractivity contribution in [2.24, 2.45) is 11.7 Å². The second kappa shape index (κ2) is 5.71. The van der Waals surface area contributed by atoms with Gasteiger partial charge >= 0.3 is 0 Å². The van der Waals surface area contributed by atoms with Crippen molar-refractivity contribution < 1.29 is 8.42 Å². The van der Waals surface area contributed by atoms with Crippen LogP contribution < -0.4 is 5.73 Å². The van der Waals surface area contributed by atoms with Crippen molar-refractivity contribution in [2.45, 2.75) is 50.0 Å². The summed E-state index contributed by atoms with van der Waals surface area (Å²) in [4.78, 5) is 0.440. The first kappa shape index (κ1) is 15.0. The normalized spacial score (nSPS) is 26.8. The lowest BCUT2D eigenvalue weighted by atomic mass is 9.93. The third-order valence-corrected chi connectivity index (χ3v) is 6.90. The Morgan fingerprint density at radius 1 is 1.24 bits per heavy atom. The van der Waals surface area contributed by atoms with Crippen molar-refractivity contribution in [1.82, 2.24) is 4.31 Å². The van der Waals surface area contributed by atoms with Crippen LogP contribution in [-0.2, 0) is 22.9 Å². The van der Waals surface area contributed by atoms with Crippen molar-refractivity contribution in [1.29, 1.82) is 0 Å². The zero-order valence-electron chi connectivity index (χ0n) is 12.6. The predicted molar refractivity (Wildman–Crippen MR) is 83.6 cm³/mol. The van der Waals surface area contributed by atoms with Gasteiger partial charge in [0.1, 0.15) is 0 Å². The lowest BCUT2D eigenvalue weighted by Crippen LogP contribution is -2.51. The van der Waals surface area contributed by atoms with E-state index in [2.05, 4.69) is 6.92 Å². The molecule has 1 aliphatic carbocycles. The Balaban J connectivity index is 1.95. The molecule has 3 rings (SSSR count). The molecule has 1 aliphatic heterocycles. The summed E-state index contributed by atoms with van der Waals surface area (Å²) >= 11 is 0. The third-order valence-electron chi connectivity index (χ3n) is 4.98. The zero-order valence-corrected chi connectivity index (χ0v) is 13.4. The standard InChI is InChI=1S/C16H24N2O2S/c1-12-4-3-9-18(16(12)11-17)21(19,20)15-8-7-13-5-2-6-14(13)10-15/h7-8,10,12,16H,2-6,9,11,17H2,1H3. The monoisotopic (exact) mass is 308 g/mol. The number of hydrogen-bond donors (Lipinski definition) is 1. The van der Waals surface area contributed by atoms with Gasteiger partial charge in [-0.1, -0.05) is 13.0 Å². The highest BCUT2D eigenvalue weighted by Crippen LogP contribution is 2.31. The molecule has 2 unspecified atom stereocenters. The molecule has 1 aromatic carbocycles. The van der Waals surface area contributed by atoms with Crippen molar-refractivity contribution >= 4 is 10.0 Å². The molecule has 2 N–H and O–H groups in total. The van der Waals surface area contributed by atoms with Gasteiger partial charge in [0.2, 0.25) is 10.0 Å². The van der Waals surface area contributed by atoms with Gasteiger partial charge in [-0.15, -0.1) is 0 Å². The Morgan fingerprint density at radius 3 is 2.76 bits per heavy atom. The first-order chi connectivity index (χ1) is 10.0. The molecule has 21 heavy (non-hydrogen) atoms. The van der Waals surface area contributed by atoms with Gasteiger partial charge in [0, 0.05) is 19.1 Å². The quantitative estimate of drug-likeness (QED) is 0.928. The van der Waals surface area contributed by atoms with E-state index in [9.17, 15) is 8.42 Å². The molecule has 0 amide bonds. The summed E-state index contributed by atoms with van der Waals surface area (Å²) in [6.45, 7) is 3.08. The van der Waals surface area contributed by atoms with Crippen LogP contribution in [0.25, 0.3) is 0 Å². The number of hydrogen-bond acceptors (Lipinski definition) is 3. The molecule has 0 aromatic heterocycles. The summed E-state index contributed by atoms with van der Waals surface area (Å²) in [5.41, 5.74) is 8.34. The van der Waals surface area contributed by atoms with Gasteiger partial charge < -0.3 is 5.73 Å². The Kier molecular flexibility index (Phi) is 4.08. The van der Waals surface area contributed by atoms with Gasteiger partial charge in [0.25, 0.3) is 0 Å². The Morgan fingerprint density at radius 2 is 2.00 bits per heavy atom. The van der Waals surface area contributed by atoms with Crippen LogP contribution in [-0.4, -0.2) is 31.9 Å². The first-order valence-electron chi connectivity index (χ1n) is 7.88. The van der Waals surface area contributed by atoms with E-state index in [4.69, 9.17) is 5.73 Å². The fourth-order valence-electron chi connectivity index (χ4n) is 3.70. The molecule has 0 saturated carbocycles. The highest BCUT2D eigenvalue weighted by molar-refractivity contribution is 7.89. The highest BCUT2D eigenvalue weighted by atomic mass is 32.2. The SMILES string of the molecule is CC1CCCN(S(=O)(=O)c2ccc3c(c2)CCC3)C1CN. The number of benzene rings is 1. The summed E-state index contributed by atoms with van der Waals surface area (Å²) < 4.78 is 27.6. The fourth-order valence-corrected chi connectivity index (χ4v) is 5.53. The molecule has 0 bridgehead atoms. The average molecular weight is 308 g/mol. The van der Waals surface area contributed by atoms with E-state index >= 15 is 0 Å². The van der Waals surface area contributed by atoms with Crippen molar-refractivity contribution in [3.8, 4) is 0 Å². The van der Waals surface area contributed by atoms with E-state index < -0.39 is 10.0 Å². The van der Waals surface area contributed by atoms with Crippen LogP contribution in [0.5, 0.6) is 0 Å². The maximum absolute atomic E-state index is 13.0. The van der Waals surface area contributed by atoms with E-state index in [1.807, 2.05) is 12.1 Å².